The second kappa shape index (κ2) is 9.13. The van der Waals surface area contributed by atoms with Crippen LogP contribution in [0.25, 0.3) is 10.8 Å². The minimum Gasteiger partial charge on any atom is -0.492 e. The van der Waals surface area contributed by atoms with Crippen LogP contribution in [0.2, 0.25) is 0 Å². The molecule has 0 aliphatic carbocycles. The predicted octanol–water partition coefficient (Wildman–Crippen LogP) is 3.33. The van der Waals surface area contributed by atoms with Gasteiger partial charge in [-0.1, -0.05) is 30.3 Å². The molecule has 158 valence electrons. The highest BCUT2D eigenvalue weighted by molar-refractivity contribution is 7.92. The van der Waals surface area contributed by atoms with Crippen LogP contribution in [0.4, 0.5) is 10.1 Å². The Morgan fingerprint density at radius 3 is 2.40 bits per heavy atom. The molecule has 0 aliphatic heterocycles. The third-order valence-electron chi connectivity index (χ3n) is 4.56. The third-order valence-corrected chi connectivity index (χ3v) is 5.80. The molecule has 3 rings (SSSR count). The SMILES string of the molecule is CC(C(=O)NCCOc1ccc2ccccc2c1)N(c1ccc(F)cc1)S(C)(=O)=O. The highest BCUT2D eigenvalue weighted by Gasteiger charge is 2.28. The molecule has 3 aromatic rings. The molecule has 3 aromatic carbocycles. The molecule has 0 saturated carbocycles. The third kappa shape index (κ3) is 5.27. The fraction of sp³-hybridized carbons (Fsp3) is 0.227. The summed E-state index contributed by atoms with van der Waals surface area (Å²) in [6.07, 6.45) is 1.00. The van der Waals surface area contributed by atoms with E-state index in [-0.39, 0.29) is 18.8 Å². The van der Waals surface area contributed by atoms with Gasteiger partial charge < -0.3 is 10.1 Å². The van der Waals surface area contributed by atoms with Crippen molar-refractivity contribution < 1.29 is 22.3 Å². The zero-order valence-corrected chi connectivity index (χ0v) is 17.5. The van der Waals surface area contributed by atoms with Gasteiger partial charge in [0, 0.05) is 0 Å². The number of carbonyl (C=O) groups is 1. The lowest BCUT2D eigenvalue weighted by atomic mass is 10.1. The Morgan fingerprint density at radius 2 is 1.73 bits per heavy atom. The van der Waals surface area contributed by atoms with Crippen molar-refractivity contribution in [2.24, 2.45) is 0 Å². The van der Waals surface area contributed by atoms with Crippen molar-refractivity contribution in [3.63, 3.8) is 0 Å². The van der Waals surface area contributed by atoms with Crippen LogP contribution in [-0.2, 0) is 14.8 Å². The molecule has 0 aromatic heterocycles. The van der Waals surface area contributed by atoms with Gasteiger partial charge in [0.15, 0.2) is 0 Å². The lowest BCUT2D eigenvalue weighted by Gasteiger charge is -2.28. The summed E-state index contributed by atoms with van der Waals surface area (Å²) in [6, 6.07) is 17.6. The van der Waals surface area contributed by atoms with Gasteiger partial charge in [-0.25, -0.2) is 12.8 Å². The number of rotatable bonds is 8. The summed E-state index contributed by atoms with van der Waals surface area (Å²) in [4.78, 5) is 12.5. The van der Waals surface area contributed by atoms with E-state index in [0.29, 0.717) is 5.75 Å². The molecule has 1 N–H and O–H groups in total. The van der Waals surface area contributed by atoms with Crippen molar-refractivity contribution >= 4 is 32.4 Å². The van der Waals surface area contributed by atoms with E-state index in [4.69, 9.17) is 4.74 Å². The number of nitrogens with one attached hydrogen (secondary N) is 1. The largest absolute Gasteiger partial charge is 0.492 e. The average molecular weight is 431 g/mol. The van der Waals surface area contributed by atoms with E-state index in [1.54, 1.807) is 0 Å². The number of anilines is 1. The van der Waals surface area contributed by atoms with Crippen molar-refractivity contribution in [3.8, 4) is 5.75 Å². The Morgan fingerprint density at radius 1 is 1.07 bits per heavy atom. The number of amides is 1. The Hall–Kier alpha value is -3.13. The summed E-state index contributed by atoms with van der Waals surface area (Å²) in [5, 5.41) is 4.84. The molecule has 30 heavy (non-hydrogen) atoms. The van der Waals surface area contributed by atoms with Gasteiger partial charge in [-0.05, 0) is 54.1 Å². The molecule has 0 fully saturated rings. The first-order chi connectivity index (χ1) is 14.3. The predicted molar refractivity (Wildman–Crippen MR) is 116 cm³/mol. The van der Waals surface area contributed by atoms with E-state index < -0.39 is 27.8 Å². The van der Waals surface area contributed by atoms with Gasteiger partial charge in [0.2, 0.25) is 15.9 Å². The fourth-order valence-electron chi connectivity index (χ4n) is 3.14. The molecule has 0 spiro atoms. The van der Waals surface area contributed by atoms with Crippen LogP contribution in [0.3, 0.4) is 0 Å². The van der Waals surface area contributed by atoms with Crippen molar-refractivity contribution in [1.29, 1.82) is 0 Å². The number of fused-ring (bicyclic) bond motifs is 1. The number of benzene rings is 3. The number of halogens is 1. The van der Waals surface area contributed by atoms with Crippen molar-refractivity contribution in [1.82, 2.24) is 5.32 Å². The van der Waals surface area contributed by atoms with Crippen LogP contribution in [0.15, 0.2) is 66.7 Å². The Labute approximate surface area is 175 Å². The fourth-order valence-corrected chi connectivity index (χ4v) is 4.32. The first-order valence-corrected chi connectivity index (χ1v) is 11.2. The van der Waals surface area contributed by atoms with Crippen molar-refractivity contribution in [3.05, 3.63) is 72.5 Å². The van der Waals surface area contributed by atoms with Crippen LogP contribution in [0, 0.1) is 5.82 Å². The second-order valence-electron chi connectivity index (χ2n) is 6.86. The Kier molecular flexibility index (Phi) is 6.56. The van der Waals surface area contributed by atoms with E-state index in [1.165, 1.54) is 19.1 Å². The minimum atomic E-state index is -3.75. The van der Waals surface area contributed by atoms with Crippen molar-refractivity contribution in [2.75, 3.05) is 23.7 Å². The highest BCUT2D eigenvalue weighted by Crippen LogP contribution is 2.22. The number of sulfonamides is 1. The highest BCUT2D eigenvalue weighted by atomic mass is 32.2. The Bertz CT molecular complexity index is 1130. The monoisotopic (exact) mass is 430 g/mol. The van der Waals surface area contributed by atoms with Crippen molar-refractivity contribution in [2.45, 2.75) is 13.0 Å². The smallest absolute Gasteiger partial charge is 0.243 e. The lowest BCUT2D eigenvalue weighted by molar-refractivity contribution is -0.121. The molecule has 1 atom stereocenters. The lowest BCUT2D eigenvalue weighted by Crippen LogP contribution is -2.48. The zero-order valence-electron chi connectivity index (χ0n) is 16.7. The average Bonchev–Trinajstić information content (AvgIpc) is 2.71. The summed E-state index contributed by atoms with van der Waals surface area (Å²) < 4.78 is 44.2. The normalized spacial score (nSPS) is 12.4. The number of nitrogens with zero attached hydrogens (tertiary/aromatic N) is 1. The minimum absolute atomic E-state index is 0.205. The van der Waals surface area contributed by atoms with E-state index >= 15 is 0 Å². The summed E-state index contributed by atoms with van der Waals surface area (Å²) in [5.74, 6) is -0.290. The first kappa shape index (κ1) is 21.6. The molecular formula is C22H23FN2O4S. The van der Waals surface area contributed by atoms with Gasteiger partial charge in [-0.2, -0.15) is 0 Å². The van der Waals surface area contributed by atoms with E-state index in [2.05, 4.69) is 5.32 Å². The van der Waals surface area contributed by atoms with E-state index in [0.717, 1.165) is 33.5 Å². The van der Waals surface area contributed by atoms with Crippen LogP contribution >= 0.6 is 0 Å². The van der Waals surface area contributed by atoms with E-state index in [1.807, 2.05) is 42.5 Å². The second-order valence-corrected chi connectivity index (χ2v) is 8.72. The maximum absolute atomic E-state index is 13.2. The van der Waals surface area contributed by atoms with Crippen LogP contribution in [-0.4, -0.2) is 39.8 Å². The molecule has 6 nitrogen and oxygen atoms in total. The molecular weight excluding hydrogens is 407 g/mol. The maximum atomic E-state index is 13.2. The van der Waals surface area contributed by atoms with Gasteiger partial charge >= 0.3 is 0 Å². The summed E-state index contributed by atoms with van der Waals surface area (Å²) in [6.45, 7) is 1.91. The number of ether oxygens (including phenoxy) is 1. The van der Waals surface area contributed by atoms with Gasteiger partial charge in [0.05, 0.1) is 18.5 Å². The quantitative estimate of drug-likeness (QED) is 0.556. The topological polar surface area (TPSA) is 75.7 Å². The molecule has 0 saturated heterocycles. The summed E-state index contributed by atoms with van der Waals surface area (Å²) in [5.41, 5.74) is 0.217. The molecule has 0 aliphatic rings. The molecule has 8 heteroatoms. The Balaban J connectivity index is 1.58. The van der Waals surface area contributed by atoms with Crippen LogP contribution in [0.1, 0.15) is 6.92 Å². The van der Waals surface area contributed by atoms with Crippen LogP contribution < -0.4 is 14.4 Å². The van der Waals surface area contributed by atoms with Gasteiger partial charge in [0.1, 0.15) is 24.2 Å². The van der Waals surface area contributed by atoms with E-state index in [9.17, 15) is 17.6 Å². The maximum Gasteiger partial charge on any atom is 0.243 e. The zero-order chi connectivity index (χ0) is 21.7. The molecule has 0 bridgehead atoms. The van der Waals surface area contributed by atoms with Gasteiger partial charge in [-0.15, -0.1) is 0 Å². The van der Waals surface area contributed by atoms with Gasteiger partial charge in [0.25, 0.3) is 0 Å². The summed E-state index contributed by atoms with van der Waals surface area (Å²) >= 11 is 0. The van der Waals surface area contributed by atoms with Crippen LogP contribution in [0.5, 0.6) is 5.75 Å². The number of hydrogen-bond donors (Lipinski definition) is 1. The number of hydrogen-bond acceptors (Lipinski definition) is 4. The summed E-state index contributed by atoms with van der Waals surface area (Å²) in [7, 11) is -3.75. The first-order valence-electron chi connectivity index (χ1n) is 9.40. The molecule has 0 radical (unpaired) electrons. The standard InChI is InChI=1S/C22H23FN2O4S/c1-16(25(30(2,27)28)20-10-8-19(23)9-11-20)22(26)24-13-14-29-21-12-7-17-5-3-4-6-18(17)15-21/h3-12,15-16H,13-14H2,1-2H3,(H,24,26). The molecule has 1 unspecified atom stereocenters. The molecule has 0 heterocycles. The number of carbonyl (C=O) groups excluding carboxylic acids is 1. The molecule has 1 amide bonds. The van der Waals surface area contributed by atoms with Gasteiger partial charge in [-0.3, -0.25) is 9.10 Å².